The number of likely N-dealkylation sites (N-methyl/N-ethyl adjacent to an activating group) is 1. The highest BCUT2D eigenvalue weighted by Crippen LogP contribution is 2.53. The van der Waals surface area contributed by atoms with Crippen molar-refractivity contribution in [1.82, 2.24) is 4.90 Å². The number of phenolic OH excluding ortho intramolecular Hbond substituents is 1. The van der Waals surface area contributed by atoms with E-state index < -0.39 is 58.0 Å². The lowest BCUT2D eigenvalue weighted by molar-refractivity contribution is -0.153. The molecule has 0 aromatic heterocycles. The number of halogens is 1. The Morgan fingerprint density at radius 3 is 2.11 bits per heavy atom. The smallest absolute Gasteiger partial charge is 0.255 e. The summed E-state index contributed by atoms with van der Waals surface area (Å²) in [5.74, 6) is -6.68. The SMILES string of the molecule is CN(C)C1C(=O)C(C(N)=O)=C(O)[C@@]2(O)C(=O)C3=C(O)c4c(O)ccc(-c5ccc(CCCCc6ccc(Cl)cc6)cc5)c4C[C@@H]3C[C@@H]12. The van der Waals surface area contributed by atoms with Crippen molar-refractivity contribution >= 4 is 34.8 Å². The lowest BCUT2D eigenvalue weighted by atomic mass is 9.57. The van der Waals surface area contributed by atoms with Crippen LogP contribution >= 0.6 is 11.6 Å². The van der Waals surface area contributed by atoms with E-state index in [1.165, 1.54) is 22.1 Å². The molecule has 1 unspecified atom stereocenters. The number of unbranched alkanes of at least 4 members (excludes halogenated alkanes) is 1. The molecule has 244 valence electrons. The van der Waals surface area contributed by atoms with Gasteiger partial charge in [-0.3, -0.25) is 19.3 Å². The number of aryl methyl sites for hydroxylation is 2. The molecular weight excluding hydrogens is 620 g/mol. The first-order valence-electron chi connectivity index (χ1n) is 15.7. The molecule has 0 spiro atoms. The zero-order valence-electron chi connectivity index (χ0n) is 26.2. The normalized spacial score (nSPS) is 23.9. The predicted molar refractivity (Wildman–Crippen MR) is 178 cm³/mol. The molecule has 47 heavy (non-hydrogen) atoms. The van der Waals surface area contributed by atoms with Gasteiger partial charge in [0, 0.05) is 16.5 Å². The maximum Gasteiger partial charge on any atom is 0.255 e. The van der Waals surface area contributed by atoms with E-state index in [0.717, 1.165) is 41.8 Å². The van der Waals surface area contributed by atoms with Crippen molar-refractivity contribution in [3.63, 3.8) is 0 Å². The summed E-state index contributed by atoms with van der Waals surface area (Å²) in [6.07, 6.45) is 4.20. The standard InChI is InChI=1S/C37H37ClN2O7/c1-40(2)31-26-18-22-17-25-24(21-11-7-19(8-12-21)5-3-4-6-20-9-13-23(38)14-10-20)15-16-27(41)29(25)32(42)28(22)34(44)37(26,47)35(45)30(33(31)43)36(39)46/h7-16,22,26,31,41-42,45,47H,3-6,17-18H2,1-2H3,(H2,39,46)/t22-,26+,31?,37+/m1/s1. The molecule has 0 aliphatic heterocycles. The summed E-state index contributed by atoms with van der Waals surface area (Å²) in [5, 5.41) is 46.0. The molecule has 3 aromatic carbocycles. The third-order valence-corrected chi connectivity index (χ3v) is 10.2. The second kappa shape index (κ2) is 12.3. The van der Waals surface area contributed by atoms with Crippen molar-refractivity contribution in [3.8, 4) is 16.9 Å². The van der Waals surface area contributed by atoms with Gasteiger partial charge in [0.05, 0.1) is 11.6 Å². The van der Waals surface area contributed by atoms with Crippen molar-refractivity contribution < 1.29 is 34.8 Å². The van der Waals surface area contributed by atoms with Crippen molar-refractivity contribution in [3.05, 3.63) is 105 Å². The first kappa shape index (κ1) is 32.5. The number of phenols is 1. The molecule has 6 rings (SSSR count). The zero-order valence-corrected chi connectivity index (χ0v) is 26.9. The molecule has 3 aliphatic carbocycles. The van der Waals surface area contributed by atoms with Crippen molar-refractivity contribution in [2.24, 2.45) is 17.6 Å². The Hall–Kier alpha value is -4.44. The lowest BCUT2D eigenvalue weighted by Crippen LogP contribution is -2.65. The minimum atomic E-state index is -2.66. The third-order valence-electron chi connectivity index (χ3n) is 9.96. The van der Waals surface area contributed by atoms with Gasteiger partial charge in [-0.1, -0.05) is 54.1 Å². The summed E-state index contributed by atoms with van der Waals surface area (Å²) in [5.41, 5.74) is 6.51. The highest BCUT2D eigenvalue weighted by molar-refractivity contribution is 6.30. The Morgan fingerprint density at radius 2 is 1.53 bits per heavy atom. The number of nitrogens with zero attached hydrogens (tertiary/aromatic N) is 1. The highest BCUT2D eigenvalue weighted by Gasteiger charge is 2.64. The second-order valence-corrected chi connectivity index (χ2v) is 13.4. The fraction of sp³-hybridized carbons (Fsp3) is 0.324. The number of fused-ring (bicyclic) bond motifs is 3. The highest BCUT2D eigenvalue weighted by atomic mass is 35.5. The molecule has 10 heteroatoms. The van der Waals surface area contributed by atoms with E-state index in [1.54, 1.807) is 20.2 Å². The summed E-state index contributed by atoms with van der Waals surface area (Å²) < 4.78 is 0. The molecular formula is C37H37ClN2O7. The molecule has 3 aliphatic rings. The summed E-state index contributed by atoms with van der Waals surface area (Å²) >= 11 is 5.98. The number of Topliss-reactive ketones (excluding diaryl/α,β-unsaturated/α-hetero) is 2. The monoisotopic (exact) mass is 656 g/mol. The molecule has 4 atom stereocenters. The topological polar surface area (TPSA) is 161 Å². The minimum Gasteiger partial charge on any atom is -0.508 e. The minimum absolute atomic E-state index is 0.0375. The average molecular weight is 657 g/mol. The Morgan fingerprint density at radius 1 is 0.936 bits per heavy atom. The fourth-order valence-corrected chi connectivity index (χ4v) is 7.80. The number of ketones is 2. The molecule has 0 heterocycles. The molecule has 1 fully saturated rings. The molecule has 9 nitrogen and oxygen atoms in total. The van der Waals surface area contributed by atoms with Gasteiger partial charge in [0.2, 0.25) is 5.78 Å². The number of nitrogens with two attached hydrogens (primary N) is 1. The quantitative estimate of drug-likeness (QED) is 0.170. The van der Waals surface area contributed by atoms with Crippen LogP contribution in [-0.4, -0.2) is 68.5 Å². The number of hydrogen-bond donors (Lipinski definition) is 5. The number of rotatable bonds is 8. The zero-order chi connectivity index (χ0) is 33.8. The number of hydrogen-bond acceptors (Lipinski definition) is 8. The summed E-state index contributed by atoms with van der Waals surface area (Å²) in [6.45, 7) is 0. The van der Waals surface area contributed by atoms with Gasteiger partial charge in [-0.05, 0) is 105 Å². The van der Waals surface area contributed by atoms with Crippen LogP contribution < -0.4 is 5.73 Å². The van der Waals surface area contributed by atoms with Crippen molar-refractivity contribution in [1.29, 1.82) is 0 Å². The van der Waals surface area contributed by atoms with Crippen LogP contribution in [0.1, 0.15) is 41.5 Å². The van der Waals surface area contributed by atoms with Crippen LogP contribution in [0.4, 0.5) is 0 Å². The van der Waals surface area contributed by atoms with Crippen molar-refractivity contribution in [2.45, 2.75) is 50.2 Å². The van der Waals surface area contributed by atoms with Gasteiger partial charge in [-0.15, -0.1) is 0 Å². The van der Waals surface area contributed by atoms with Crippen LogP contribution in [0.2, 0.25) is 5.02 Å². The molecule has 3 aromatic rings. The van der Waals surface area contributed by atoms with Gasteiger partial charge in [-0.2, -0.15) is 0 Å². The van der Waals surface area contributed by atoms with Gasteiger partial charge in [0.1, 0.15) is 22.8 Å². The number of carbonyl (C=O) groups excluding carboxylic acids is 3. The summed E-state index contributed by atoms with van der Waals surface area (Å²) in [6, 6.07) is 18.1. The molecule has 0 radical (unpaired) electrons. The number of benzene rings is 3. The van der Waals surface area contributed by atoms with E-state index in [-0.39, 0.29) is 29.7 Å². The lowest BCUT2D eigenvalue weighted by Gasteiger charge is -2.50. The molecule has 0 bridgehead atoms. The van der Waals surface area contributed by atoms with Gasteiger partial charge >= 0.3 is 0 Å². The van der Waals surface area contributed by atoms with E-state index >= 15 is 0 Å². The van der Waals surface area contributed by atoms with Gasteiger partial charge in [0.25, 0.3) is 5.91 Å². The number of aromatic hydroxyl groups is 1. The van der Waals surface area contributed by atoms with E-state index in [4.69, 9.17) is 17.3 Å². The van der Waals surface area contributed by atoms with Gasteiger partial charge < -0.3 is 26.2 Å². The predicted octanol–water partition coefficient (Wildman–Crippen LogP) is 4.85. The average Bonchev–Trinajstić information content (AvgIpc) is 3.02. The second-order valence-electron chi connectivity index (χ2n) is 13.0. The van der Waals surface area contributed by atoms with Crippen molar-refractivity contribution in [2.75, 3.05) is 14.1 Å². The summed E-state index contributed by atoms with van der Waals surface area (Å²) in [7, 11) is 3.15. The van der Waals surface area contributed by atoms with E-state index in [0.29, 0.717) is 5.56 Å². The first-order valence-corrected chi connectivity index (χ1v) is 16.1. The van der Waals surface area contributed by atoms with E-state index in [1.807, 2.05) is 36.4 Å². The van der Waals surface area contributed by atoms with Crippen LogP contribution in [0, 0.1) is 11.8 Å². The van der Waals surface area contributed by atoms with E-state index in [2.05, 4.69) is 12.1 Å². The van der Waals surface area contributed by atoms with Crippen LogP contribution in [0.3, 0.4) is 0 Å². The molecule has 6 N–H and O–H groups in total. The Labute approximate surface area is 277 Å². The number of aliphatic hydroxyl groups is 3. The Kier molecular flexibility index (Phi) is 8.50. The van der Waals surface area contributed by atoms with Crippen LogP contribution in [0.5, 0.6) is 5.75 Å². The Bertz CT molecular complexity index is 1850. The fourth-order valence-electron chi connectivity index (χ4n) is 7.67. The van der Waals surface area contributed by atoms with E-state index in [9.17, 15) is 34.8 Å². The molecule has 1 saturated carbocycles. The van der Waals surface area contributed by atoms with Crippen LogP contribution in [0.25, 0.3) is 16.9 Å². The number of carbonyl (C=O) groups is 3. The maximum atomic E-state index is 14.1. The number of amides is 1. The maximum absolute atomic E-state index is 14.1. The number of primary amides is 1. The first-order chi connectivity index (χ1) is 22.3. The molecule has 0 saturated heterocycles. The summed E-state index contributed by atoms with van der Waals surface area (Å²) in [4.78, 5) is 41.1. The van der Waals surface area contributed by atoms with Gasteiger partial charge in [-0.25, -0.2) is 0 Å². The van der Waals surface area contributed by atoms with Gasteiger partial charge in [0.15, 0.2) is 11.4 Å². The largest absolute Gasteiger partial charge is 0.508 e. The number of aliphatic hydroxyl groups excluding tert-OH is 2. The Balaban J connectivity index is 1.31. The third kappa shape index (κ3) is 5.42. The van der Waals surface area contributed by atoms with Crippen LogP contribution in [0.15, 0.2) is 77.6 Å². The van der Waals surface area contributed by atoms with Crippen LogP contribution in [-0.2, 0) is 33.6 Å². The molecule has 1 amide bonds.